The quantitative estimate of drug-likeness (QED) is 0.362. The number of halogens is 1. The molecule has 1 aromatic heterocycles. The number of hydrogen-bond acceptors (Lipinski definition) is 4. The summed E-state index contributed by atoms with van der Waals surface area (Å²) in [6.45, 7) is 1.74. The van der Waals surface area contributed by atoms with Crippen LogP contribution in [0.1, 0.15) is 15.9 Å². The predicted octanol–water partition coefficient (Wildman–Crippen LogP) is 6.40. The number of aromatic amines is 1. The first-order chi connectivity index (χ1) is 13.9. The Hall–Kier alpha value is -2.96. The second-order valence-corrected chi connectivity index (χ2v) is 7.79. The number of fused-ring (bicyclic) bond motifs is 1. The van der Waals surface area contributed by atoms with E-state index in [1.807, 2.05) is 30.5 Å². The number of carbonyl (C=O) groups is 1. The van der Waals surface area contributed by atoms with Crippen LogP contribution >= 0.6 is 23.4 Å². The number of rotatable bonds is 5. The Morgan fingerprint density at radius 3 is 2.59 bits per heavy atom. The number of H-pyrrole nitrogens is 1. The van der Waals surface area contributed by atoms with Crippen molar-refractivity contribution in [3.8, 4) is 22.9 Å². The van der Waals surface area contributed by atoms with Gasteiger partial charge in [0.15, 0.2) is 0 Å². The third kappa shape index (κ3) is 3.95. The van der Waals surface area contributed by atoms with Crippen LogP contribution in [-0.2, 0) is 0 Å². The van der Waals surface area contributed by atoms with E-state index in [0.29, 0.717) is 21.9 Å². The molecule has 0 radical (unpaired) electrons. The van der Waals surface area contributed by atoms with Crippen molar-refractivity contribution in [1.82, 2.24) is 9.97 Å². The second-order valence-electron chi connectivity index (χ2n) is 6.50. The van der Waals surface area contributed by atoms with Gasteiger partial charge in [-0.05, 0) is 60.7 Å². The lowest BCUT2D eigenvalue weighted by atomic mass is 10.1. The van der Waals surface area contributed by atoms with E-state index >= 15 is 0 Å². The fourth-order valence-electron chi connectivity index (χ4n) is 3.05. The standard InChI is InChI=1S/C22H17ClN2O3S/c1-12-3-6-14(9-16(12)21(26)27)28-22-24-19-10-17(18(23)11-20(19)25-22)13-4-7-15(29-2)8-5-13/h3-11H,1-2H3,(H,24,25)(H,26,27). The van der Waals surface area contributed by atoms with Crippen LogP contribution in [0.4, 0.5) is 0 Å². The fraction of sp³-hybridized carbons (Fsp3) is 0.0909. The molecule has 146 valence electrons. The summed E-state index contributed by atoms with van der Waals surface area (Å²) in [5.41, 5.74) is 4.19. The average molecular weight is 425 g/mol. The number of thioether (sulfide) groups is 1. The van der Waals surface area contributed by atoms with Crippen LogP contribution in [0.25, 0.3) is 22.2 Å². The third-order valence-electron chi connectivity index (χ3n) is 4.60. The van der Waals surface area contributed by atoms with Gasteiger partial charge in [0.05, 0.1) is 21.6 Å². The van der Waals surface area contributed by atoms with Crippen molar-refractivity contribution in [3.63, 3.8) is 0 Å². The van der Waals surface area contributed by atoms with E-state index in [1.54, 1.807) is 30.8 Å². The molecule has 3 aromatic carbocycles. The summed E-state index contributed by atoms with van der Waals surface area (Å²) in [4.78, 5) is 20.1. The van der Waals surface area contributed by atoms with Gasteiger partial charge in [-0.3, -0.25) is 0 Å². The zero-order valence-electron chi connectivity index (χ0n) is 15.7. The van der Waals surface area contributed by atoms with Gasteiger partial charge in [0.25, 0.3) is 6.01 Å². The van der Waals surface area contributed by atoms with Crippen LogP contribution in [0.3, 0.4) is 0 Å². The van der Waals surface area contributed by atoms with Gasteiger partial charge < -0.3 is 14.8 Å². The smallest absolute Gasteiger partial charge is 0.336 e. The Morgan fingerprint density at radius 1 is 1.14 bits per heavy atom. The molecule has 5 nitrogen and oxygen atoms in total. The second kappa shape index (κ2) is 7.81. The molecule has 0 aliphatic rings. The summed E-state index contributed by atoms with van der Waals surface area (Å²) in [6, 6.07) is 17.1. The molecule has 0 bridgehead atoms. The highest BCUT2D eigenvalue weighted by molar-refractivity contribution is 7.98. The van der Waals surface area contributed by atoms with Crippen LogP contribution in [0.5, 0.6) is 11.8 Å². The third-order valence-corrected chi connectivity index (χ3v) is 5.66. The number of carboxylic acids is 1. The molecule has 0 aliphatic carbocycles. The normalized spacial score (nSPS) is 11.0. The highest BCUT2D eigenvalue weighted by atomic mass is 35.5. The van der Waals surface area contributed by atoms with Crippen molar-refractivity contribution in [2.75, 3.05) is 6.26 Å². The summed E-state index contributed by atoms with van der Waals surface area (Å²) in [7, 11) is 0. The van der Waals surface area contributed by atoms with Crippen LogP contribution in [0.2, 0.25) is 5.02 Å². The summed E-state index contributed by atoms with van der Waals surface area (Å²) in [5.74, 6) is -0.604. The maximum Gasteiger partial charge on any atom is 0.336 e. The molecule has 0 atom stereocenters. The summed E-state index contributed by atoms with van der Waals surface area (Å²) in [6.07, 6.45) is 2.03. The Kier molecular flexibility index (Phi) is 5.22. The number of imidazole rings is 1. The lowest BCUT2D eigenvalue weighted by molar-refractivity contribution is 0.0695. The van der Waals surface area contributed by atoms with Crippen LogP contribution in [-0.4, -0.2) is 27.3 Å². The number of hydrogen-bond donors (Lipinski definition) is 2. The van der Waals surface area contributed by atoms with Crippen molar-refractivity contribution in [3.05, 3.63) is 70.7 Å². The van der Waals surface area contributed by atoms with Crippen LogP contribution in [0.15, 0.2) is 59.5 Å². The molecule has 0 amide bonds. The topological polar surface area (TPSA) is 75.2 Å². The van der Waals surface area contributed by atoms with Gasteiger partial charge >= 0.3 is 5.97 Å². The van der Waals surface area contributed by atoms with E-state index in [4.69, 9.17) is 16.3 Å². The Balaban J connectivity index is 1.68. The van der Waals surface area contributed by atoms with E-state index in [9.17, 15) is 9.90 Å². The zero-order chi connectivity index (χ0) is 20.5. The number of carboxylic acid groups (broad SMARTS) is 1. The number of ether oxygens (including phenoxy) is 1. The number of nitrogens with one attached hydrogen (secondary N) is 1. The highest BCUT2D eigenvalue weighted by Gasteiger charge is 2.13. The van der Waals surface area contributed by atoms with Gasteiger partial charge in [0, 0.05) is 10.5 Å². The molecule has 0 unspecified atom stereocenters. The lowest BCUT2D eigenvalue weighted by Gasteiger charge is -2.05. The largest absolute Gasteiger partial charge is 0.478 e. The van der Waals surface area contributed by atoms with Gasteiger partial charge in [-0.25, -0.2) is 4.79 Å². The molecular formula is C22H17ClN2O3S. The molecule has 1 heterocycles. The van der Waals surface area contributed by atoms with Crippen molar-refractivity contribution in [2.24, 2.45) is 0 Å². The molecule has 0 fully saturated rings. The summed E-state index contributed by atoms with van der Waals surface area (Å²) < 4.78 is 5.75. The van der Waals surface area contributed by atoms with Crippen molar-refractivity contribution in [1.29, 1.82) is 0 Å². The monoisotopic (exact) mass is 424 g/mol. The minimum absolute atomic E-state index is 0.192. The molecular weight excluding hydrogens is 408 g/mol. The Morgan fingerprint density at radius 2 is 1.90 bits per heavy atom. The van der Waals surface area contributed by atoms with Crippen molar-refractivity contribution in [2.45, 2.75) is 11.8 Å². The maximum atomic E-state index is 11.3. The molecule has 2 N–H and O–H groups in total. The first kappa shape index (κ1) is 19.4. The van der Waals surface area contributed by atoms with E-state index < -0.39 is 5.97 Å². The van der Waals surface area contributed by atoms with Gasteiger partial charge in [-0.2, -0.15) is 4.98 Å². The molecule has 7 heteroatoms. The summed E-state index contributed by atoms with van der Waals surface area (Å²) in [5, 5.41) is 9.88. The Bertz CT molecular complexity index is 1220. The first-order valence-corrected chi connectivity index (χ1v) is 10.4. The molecule has 0 aliphatic heterocycles. The SMILES string of the molecule is CSc1ccc(-c2cc3nc(Oc4ccc(C)c(C(=O)O)c4)[nH]c3cc2Cl)cc1. The van der Waals surface area contributed by atoms with Gasteiger partial charge in [0.2, 0.25) is 0 Å². The minimum Gasteiger partial charge on any atom is -0.478 e. The lowest BCUT2D eigenvalue weighted by Crippen LogP contribution is -2.00. The highest BCUT2D eigenvalue weighted by Crippen LogP contribution is 2.34. The molecule has 0 saturated heterocycles. The van der Waals surface area contributed by atoms with Gasteiger partial charge in [-0.1, -0.05) is 29.8 Å². The number of aromatic carboxylic acids is 1. The number of benzene rings is 3. The van der Waals surface area contributed by atoms with Crippen LogP contribution < -0.4 is 4.74 Å². The Labute approximate surface area is 176 Å². The predicted molar refractivity (Wildman–Crippen MR) is 117 cm³/mol. The molecule has 0 spiro atoms. The van der Waals surface area contributed by atoms with E-state index in [-0.39, 0.29) is 11.6 Å². The molecule has 4 rings (SSSR count). The first-order valence-electron chi connectivity index (χ1n) is 8.80. The molecule has 29 heavy (non-hydrogen) atoms. The van der Waals surface area contributed by atoms with Crippen molar-refractivity contribution < 1.29 is 14.6 Å². The minimum atomic E-state index is -0.999. The van der Waals surface area contributed by atoms with E-state index in [1.165, 1.54) is 11.0 Å². The zero-order valence-corrected chi connectivity index (χ0v) is 17.3. The molecule has 0 saturated carbocycles. The number of nitrogens with zero attached hydrogens (tertiary/aromatic N) is 1. The number of aromatic nitrogens is 2. The van der Waals surface area contributed by atoms with Crippen molar-refractivity contribution >= 4 is 40.4 Å². The average Bonchev–Trinajstić information content (AvgIpc) is 3.09. The van der Waals surface area contributed by atoms with Crippen LogP contribution in [0, 0.1) is 6.92 Å². The van der Waals surface area contributed by atoms with Gasteiger partial charge in [0.1, 0.15) is 5.75 Å². The summed E-state index contributed by atoms with van der Waals surface area (Å²) >= 11 is 8.18. The fourth-order valence-corrected chi connectivity index (χ4v) is 3.73. The van der Waals surface area contributed by atoms with E-state index in [0.717, 1.165) is 16.6 Å². The number of aryl methyl sites for hydroxylation is 1. The van der Waals surface area contributed by atoms with Gasteiger partial charge in [-0.15, -0.1) is 11.8 Å². The van der Waals surface area contributed by atoms with E-state index in [2.05, 4.69) is 22.1 Å². The maximum absolute atomic E-state index is 11.3. The molecule has 4 aromatic rings.